The number of nitriles is 1. The Morgan fingerprint density at radius 1 is 1.09 bits per heavy atom. The molecule has 6 nitrogen and oxygen atoms in total. The molecule has 0 aliphatic rings. The van der Waals surface area contributed by atoms with E-state index in [-0.39, 0.29) is 19.5 Å². The van der Waals surface area contributed by atoms with Gasteiger partial charge in [-0.1, -0.05) is 24.3 Å². The van der Waals surface area contributed by atoms with Gasteiger partial charge in [-0.15, -0.1) is 0 Å². The third-order valence-corrected chi connectivity index (χ3v) is 6.57. The van der Waals surface area contributed by atoms with Crippen LogP contribution < -0.4 is 10.0 Å². The summed E-state index contributed by atoms with van der Waals surface area (Å²) in [6, 6.07) is 11.7. The normalized spacial score (nSPS) is 12.0. The molecular weight excluding hydrogens is 441 g/mol. The van der Waals surface area contributed by atoms with Gasteiger partial charge in [-0.2, -0.15) is 18.4 Å². The molecule has 32 heavy (non-hydrogen) atoms. The first-order chi connectivity index (χ1) is 15.0. The van der Waals surface area contributed by atoms with Crippen molar-refractivity contribution in [2.24, 2.45) is 0 Å². The van der Waals surface area contributed by atoms with Crippen molar-refractivity contribution in [3.05, 3.63) is 64.7 Å². The molecule has 1 heterocycles. The minimum Gasteiger partial charge on any atom is -0.369 e. The van der Waals surface area contributed by atoms with E-state index in [2.05, 4.69) is 21.1 Å². The third-order valence-electron chi connectivity index (χ3n) is 5.05. The van der Waals surface area contributed by atoms with Crippen molar-refractivity contribution in [2.75, 3.05) is 18.4 Å². The Bertz CT molecular complexity index is 1300. The highest BCUT2D eigenvalue weighted by Crippen LogP contribution is 2.33. The molecule has 3 aromatic rings. The van der Waals surface area contributed by atoms with E-state index in [0.29, 0.717) is 11.4 Å². The van der Waals surface area contributed by atoms with Crippen LogP contribution in [-0.4, -0.2) is 26.5 Å². The van der Waals surface area contributed by atoms with Gasteiger partial charge >= 0.3 is 6.18 Å². The van der Waals surface area contributed by atoms with Gasteiger partial charge in [0.25, 0.3) is 0 Å². The summed E-state index contributed by atoms with van der Waals surface area (Å²) < 4.78 is 66.2. The molecule has 0 aliphatic carbocycles. The third kappa shape index (κ3) is 5.00. The fraction of sp³-hybridized carbons (Fsp3) is 0.273. The average molecular weight is 462 g/mol. The molecule has 168 valence electrons. The van der Waals surface area contributed by atoms with E-state index in [1.807, 2.05) is 26.0 Å². The van der Waals surface area contributed by atoms with E-state index in [1.54, 1.807) is 6.07 Å². The molecule has 0 unspecified atom stereocenters. The van der Waals surface area contributed by atoms with Gasteiger partial charge in [-0.3, -0.25) is 0 Å². The molecule has 3 rings (SSSR count). The molecule has 0 spiro atoms. The predicted molar refractivity (Wildman–Crippen MR) is 116 cm³/mol. The van der Waals surface area contributed by atoms with Crippen LogP contribution in [0.3, 0.4) is 0 Å². The molecule has 0 amide bonds. The first-order valence-corrected chi connectivity index (χ1v) is 11.2. The maximum absolute atomic E-state index is 13.1. The lowest BCUT2D eigenvalue weighted by Gasteiger charge is -2.14. The number of aromatic nitrogens is 1. The Morgan fingerprint density at radius 3 is 2.50 bits per heavy atom. The molecule has 0 saturated heterocycles. The van der Waals surface area contributed by atoms with Gasteiger partial charge in [0.1, 0.15) is 11.9 Å². The highest BCUT2D eigenvalue weighted by atomic mass is 32.2. The van der Waals surface area contributed by atoms with Gasteiger partial charge in [-0.25, -0.2) is 18.1 Å². The van der Waals surface area contributed by atoms with Crippen LogP contribution >= 0.6 is 0 Å². The lowest BCUT2D eigenvalue weighted by molar-refractivity contribution is -0.139. The lowest BCUT2D eigenvalue weighted by atomic mass is 10.0. The predicted octanol–water partition coefficient (Wildman–Crippen LogP) is 4.52. The smallest absolute Gasteiger partial charge is 0.369 e. The zero-order valence-corrected chi connectivity index (χ0v) is 18.2. The van der Waals surface area contributed by atoms with Gasteiger partial charge < -0.3 is 5.32 Å². The second kappa shape index (κ2) is 9.14. The van der Waals surface area contributed by atoms with Crippen molar-refractivity contribution in [1.82, 2.24) is 9.71 Å². The summed E-state index contributed by atoms with van der Waals surface area (Å²) in [4.78, 5) is 3.73. The molecule has 0 aliphatic heterocycles. The molecule has 0 atom stereocenters. The van der Waals surface area contributed by atoms with Crippen LogP contribution in [0, 0.1) is 25.2 Å². The Hall–Kier alpha value is -3.16. The fourth-order valence-corrected chi connectivity index (χ4v) is 4.52. The van der Waals surface area contributed by atoms with Crippen molar-refractivity contribution in [3.63, 3.8) is 0 Å². The second-order valence-electron chi connectivity index (χ2n) is 7.25. The molecule has 0 fully saturated rings. The number of rotatable bonds is 7. The number of aryl methyl sites for hydroxylation is 2. The minimum absolute atomic E-state index is 0.0882. The molecule has 10 heteroatoms. The van der Waals surface area contributed by atoms with Crippen LogP contribution in [0.2, 0.25) is 0 Å². The van der Waals surface area contributed by atoms with E-state index in [1.165, 1.54) is 6.07 Å². The quantitative estimate of drug-likeness (QED) is 0.504. The van der Waals surface area contributed by atoms with Gasteiger partial charge in [0, 0.05) is 18.5 Å². The van der Waals surface area contributed by atoms with Crippen molar-refractivity contribution in [2.45, 2.75) is 31.3 Å². The number of fused-ring (bicyclic) bond motifs is 1. The van der Waals surface area contributed by atoms with E-state index in [9.17, 15) is 26.9 Å². The number of hydrogen-bond acceptors (Lipinski definition) is 5. The summed E-state index contributed by atoms with van der Waals surface area (Å²) in [6.45, 7) is 4.08. The first-order valence-electron chi connectivity index (χ1n) is 9.75. The molecule has 0 radical (unpaired) electrons. The summed E-state index contributed by atoms with van der Waals surface area (Å²) in [5.74, 6) is 0.374. The number of anilines is 1. The van der Waals surface area contributed by atoms with E-state index in [4.69, 9.17) is 0 Å². The monoisotopic (exact) mass is 462 g/mol. The lowest BCUT2D eigenvalue weighted by Crippen LogP contribution is -2.28. The van der Waals surface area contributed by atoms with Crippen molar-refractivity contribution in [1.29, 1.82) is 5.26 Å². The average Bonchev–Trinajstić information content (AvgIpc) is 2.75. The maximum atomic E-state index is 13.1. The Kier molecular flexibility index (Phi) is 6.71. The summed E-state index contributed by atoms with van der Waals surface area (Å²) in [6.07, 6.45) is -4.51. The molecule has 2 aromatic carbocycles. The maximum Gasteiger partial charge on any atom is 0.417 e. The number of pyridine rings is 1. The Labute approximate surface area is 184 Å². The molecule has 0 saturated carbocycles. The summed E-state index contributed by atoms with van der Waals surface area (Å²) in [5.41, 5.74) is 1.95. The zero-order valence-electron chi connectivity index (χ0n) is 17.4. The standard InChI is InChI=1S/C22H21F3N4O2S/c1-14-8-9-16-12-17(13-26)21(29-20(16)15(14)2)27-10-5-11-28-32(30,31)19-7-4-3-6-18(19)22(23,24)25/h3-4,6-9,12,28H,5,10-11H2,1-2H3,(H,27,29). The van der Waals surface area contributed by atoms with Gasteiger partial charge in [0.2, 0.25) is 10.0 Å². The summed E-state index contributed by atoms with van der Waals surface area (Å²) in [5, 5.41) is 13.3. The van der Waals surface area contributed by atoms with Crippen molar-refractivity contribution >= 4 is 26.7 Å². The number of alkyl halides is 3. The number of halogens is 3. The number of benzene rings is 2. The van der Waals surface area contributed by atoms with Crippen molar-refractivity contribution in [3.8, 4) is 6.07 Å². The first kappa shape index (κ1) is 23.5. The minimum atomic E-state index is -4.78. The highest BCUT2D eigenvalue weighted by Gasteiger charge is 2.36. The highest BCUT2D eigenvalue weighted by molar-refractivity contribution is 7.89. The van der Waals surface area contributed by atoms with E-state index >= 15 is 0 Å². The summed E-state index contributed by atoms with van der Waals surface area (Å²) >= 11 is 0. The van der Waals surface area contributed by atoms with Crippen LogP contribution in [0.5, 0.6) is 0 Å². The molecular formula is C22H21F3N4O2S. The van der Waals surface area contributed by atoms with Crippen LogP contribution in [0.4, 0.5) is 19.0 Å². The van der Waals surface area contributed by atoms with Crippen molar-refractivity contribution < 1.29 is 21.6 Å². The van der Waals surface area contributed by atoms with Crippen LogP contribution in [0.1, 0.15) is 28.7 Å². The summed E-state index contributed by atoms with van der Waals surface area (Å²) in [7, 11) is -4.34. The van der Waals surface area contributed by atoms with Crippen LogP contribution in [0.15, 0.2) is 47.4 Å². The molecule has 1 aromatic heterocycles. The fourth-order valence-electron chi connectivity index (χ4n) is 3.22. The Morgan fingerprint density at radius 2 is 1.81 bits per heavy atom. The topological polar surface area (TPSA) is 94.9 Å². The molecule has 2 N–H and O–H groups in total. The number of sulfonamides is 1. The number of nitrogens with zero attached hydrogens (tertiary/aromatic N) is 2. The van der Waals surface area contributed by atoms with Gasteiger partial charge in [-0.05, 0) is 49.6 Å². The Balaban J connectivity index is 1.67. The van der Waals surface area contributed by atoms with Crippen LogP contribution in [0.25, 0.3) is 10.9 Å². The van der Waals surface area contributed by atoms with Gasteiger partial charge in [0.15, 0.2) is 0 Å². The second-order valence-corrected chi connectivity index (χ2v) is 8.98. The SMILES string of the molecule is Cc1ccc2cc(C#N)c(NCCCNS(=O)(=O)c3ccccc3C(F)(F)F)nc2c1C. The molecule has 0 bridgehead atoms. The van der Waals surface area contributed by atoms with E-state index in [0.717, 1.165) is 40.2 Å². The van der Waals surface area contributed by atoms with E-state index < -0.39 is 26.7 Å². The van der Waals surface area contributed by atoms with Crippen LogP contribution in [-0.2, 0) is 16.2 Å². The number of hydrogen-bond donors (Lipinski definition) is 2. The van der Waals surface area contributed by atoms with Gasteiger partial charge in [0.05, 0.1) is 21.5 Å². The number of nitrogens with one attached hydrogen (secondary N) is 2. The largest absolute Gasteiger partial charge is 0.417 e. The zero-order chi connectivity index (χ0) is 23.5.